The topological polar surface area (TPSA) is 63.2 Å². The molecule has 1 saturated heterocycles. The maximum absolute atomic E-state index is 5.52. The fourth-order valence-electron chi connectivity index (χ4n) is 2.68. The third-order valence-corrected chi connectivity index (χ3v) is 3.82. The standard InChI is InChI=1S/C15H22N6/c16-6-7-21-13-14(17-18-21)12-19-8-10-20(11-9-19)15-4-2-1-3-5-15/h1-5,13H,6-12,16H2. The Kier molecular flexibility index (Phi) is 4.47. The van der Waals surface area contributed by atoms with Gasteiger partial charge in [0, 0.05) is 51.2 Å². The SMILES string of the molecule is NCCn1cc(CN2CCN(c3ccccc3)CC2)nn1. The van der Waals surface area contributed by atoms with Crippen molar-refractivity contribution in [2.45, 2.75) is 13.1 Å². The van der Waals surface area contributed by atoms with Gasteiger partial charge in [0.2, 0.25) is 0 Å². The van der Waals surface area contributed by atoms with Gasteiger partial charge >= 0.3 is 0 Å². The largest absolute Gasteiger partial charge is 0.369 e. The van der Waals surface area contributed by atoms with E-state index < -0.39 is 0 Å². The second kappa shape index (κ2) is 6.69. The van der Waals surface area contributed by atoms with Gasteiger partial charge in [0.1, 0.15) is 0 Å². The maximum atomic E-state index is 5.52. The molecule has 1 aliphatic rings. The van der Waals surface area contributed by atoms with Gasteiger partial charge in [0.05, 0.1) is 12.2 Å². The van der Waals surface area contributed by atoms with Crippen molar-refractivity contribution in [2.75, 3.05) is 37.6 Å². The molecule has 0 radical (unpaired) electrons. The van der Waals surface area contributed by atoms with Crippen molar-refractivity contribution in [1.29, 1.82) is 0 Å². The van der Waals surface area contributed by atoms with Crippen LogP contribution in [0.15, 0.2) is 36.5 Å². The Morgan fingerprint density at radius 2 is 1.81 bits per heavy atom. The summed E-state index contributed by atoms with van der Waals surface area (Å²) < 4.78 is 1.82. The molecule has 1 aromatic heterocycles. The number of aromatic nitrogens is 3. The Balaban J connectivity index is 1.51. The molecule has 0 unspecified atom stereocenters. The molecule has 0 spiro atoms. The maximum Gasteiger partial charge on any atom is 0.0967 e. The summed E-state index contributed by atoms with van der Waals surface area (Å²) in [6.07, 6.45) is 2.00. The van der Waals surface area contributed by atoms with Crippen LogP contribution < -0.4 is 10.6 Å². The lowest BCUT2D eigenvalue weighted by atomic mass is 10.2. The summed E-state index contributed by atoms with van der Waals surface area (Å²) in [6, 6.07) is 10.6. The first-order valence-electron chi connectivity index (χ1n) is 7.46. The zero-order valence-corrected chi connectivity index (χ0v) is 12.2. The van der Waals surface area contributed by atoms with Gasteiger partial charge in [-0.15, -0.1) is 5.10 Å². The minimum Gasteiger partial charge on any atom is -0.369 e. The molecule has 1 aromatic carbocycles. The molecule has 0 atom stereocenters. The molecule has 2 aromatic rings. The first-order valence-corrected chi connectivity index (χ1v) is 7.46. The van der Waals surface area contributed by atoms with Gasteiger partial charge in [-0.3, -0.25) is 9.58 Å². The van der Waals surface area contributed by atoms with Crippen LogP contribution in [0.2, 0.25) is 0 Å². The van der Waals surface area contributed by atoms with E-state index in [9.17, 15) is 0 Å². The van der Waals surface area contributed by atoms with Crippen LogP contribution in [-0.2, 0) is 13.1 Å². The van der Waals surface area contributed by atoms with E-state index in [4.69, 9.17) is 5.73 Å². The van der Waals surface area contributed by atoms with Crippen molar-refractivity contribution in [3.05, 3.63) is 42.2 Å². The zero-order valence-electron chi connectivity index (χ0n) is 12.2. The van der Waals surface area contributed by atoms with Crippen molar-refractivity contribution >= 4 is 5.69 Å². The molecule has 0 bridgehead atoms. The third-order valence-electron chi connectivity index (χ3n) is 3.82. The fourth-order valence-corrected chi connectivity index (χ4v) is 2.68. The monoisotopic (exact) mass is 286 g/mol. The van der Waals surface area contributed by atoms with Crippen molar-refractivity contribution in [3.63, 3.8) is 0 Å². The van der Waals surface area contributed by atoms with Crippen LogP contribution in [-0.4, -0.2) is 52.6 Å². The summed E-state index contributed by atoms with van der Waals surface area (Å²) in [4.78, 5) is 4.86. The highest BCUT2D eigenvalue weighted by Crippen LogP contribution is 2.16. The number of nitrogens with two attached hydrogens (primary N) is 1. The molecule has 112 valence electrons. The number of rotatable bonds is 5. The Morgan fingerprint density at radius 3 is 2.52 bits per heavy atom. The fraction of sp³-hybridized carbons (Fsp3) is 0.467. The summed E-state index contributed by atoms with van der Waals surface area (Å²) in [5.74, 6) is 0. The van der Waals surface area contributed by atoms with E-state index in [-0.39, 0.29) is 0 Å². The van der Waals surface area contributed by atoms with Gasteiger partial charge in [0.15, 0.2) is 0 Å². The Hall–Kier alpha value is -1.92. The Morgan fingerprint density at radius 1 is 1.05 bits per heavy atom. The molecular weight excluding hydrogens is 264 g/mol. The molecule has 6 nitrogen and oxygen atoms in total. The van der Waals surface area contributed by atoms with E-state index in [0.29, 0.717) is 6.54 Å². The molecule has 2 N–H and O–H groups in total. The zero-order chi connectivity index (χ0) is 14.5. The number of piperazine rings is 1. The highest BCUT2D eigenvalue weighted by Gasteiger charge is 2.18. The summed E-state index contributed by atoms with van der Waals surface area (Å²) in [5.41, 5.74) is 7.86. The summed E-state index contributed by atoms with van der Waals surface area (Å²) in [6.45, 7) is 6.42. The highest BCUT2D eigenvalue weighted by molar-refractivity contribution is 5.46. The molecule has 1 aliphatic heterocycles. The lowest BCUT2D eigenvalue weighted by Crippen LogP contribution is -2.46. The average molecular weight is 286 g/mol. The Bertz CT molecular complexity index is 544. The average Bonchev–Trinajstić information content (AvgIpc) is 2.97. The lowest BCUT2D eigenvalue weighted by Gasteiger charge is -2.35. The van der Waals surface area contributed by atoms with Gasteiger partial charge in [-0.25, -0.2) is 0 Å². The van der Waals surface area contributed by atoms with Gasteiger partial charge < -0.3 is 10.6 Å². The molecular formula is C15H22N6. The second-order valence-corrected chi connectivity index (χ2v) is 5.36. The van der Waals surface area contributed by atoms with Crippen molar-refractivity contribution in [1.82, 2.24) is 19.9 Å². The lowest BCUT2D eigenvalue weighted by molar-refractivity contribution is 0.247. The van der Waals surface area contributed by atoms with Crippen molar-refractivity contribution < 1.29 is 0 Å². The second-order valence-electron chi connectivity index (χ2n) is 5.36. The van der Waals surface area contributed by atoms with Crippen molar-refractivity contribution in [3.8, 4) is 0 Å². The summed E-state index contributed by atoms with van der Waals surface area (Å²) >= 11 is 0. The molecule has 3 rings (SSSR count). The number of benzene rings is 1. The van der Waals surface area contributed by atoms with E-state index in [1.807, 2.05) is 10.9 Å². The van der Waals surface area contributed by atoms with Crippen molar-refractivity contribution in [2.24, 2.45) is 5.73 Å². The summed E-state index contributed by atoms with van der Waals surface area (Å²) in [5, 5.41) is 8.29. The van der Waals surface area contributed by atoms with Crippen LogP contribution in [0.3, 0.4) is 0 Å². The van der Waals surface area contributed by atoms with Crippen LogP contribution in [0, 0.1) is 0 Å². The number of hydrogen-bond donors (Lipinski definition) is 1. The molecule has 21 heavy (non-hydrogen) atoms. The quantitative estimate of drug-likeness (QED) is 0.870. The van der Waals surface area contributed by atoms with Crippen LogP contribution in [0.1, 0.15) is 5.69 Å². The summed E-state index contributed by atoms with van der Waals surface area (Å²) in [7, 11) is 0. The number of nitrogens with zero attached hydrogens (tertiary/aromatic N) is 5. The van der Waals surface area contributed by atoms with Crippen LogP contribution in [0.5, 0.6) is 0 Å². The van der Waals surface area contributed by atoms with Gasteiger partial charge in [-0.2, -0.15) is 0 Å². The van der Waals surface area contributed by atoms with Gasteiger partial charge in [-0.05, 0) is 12.1 Å². The van der Waals surface area contributed by atoms with Crippen LogP contribution >= 0.6 is 0 Å². The van der Waals surface area contributed by atoms with E-state index >= 15 is 0 Å². The van der Waals surface area contributed by atoms with E-state index in [1.165, 1.54) is 5.69 Å². The molecule has 0 aliphatic carbocycles. The minimum absolute atomic E-state index is 0.596. The normalized spacial score (nSPS) is 16.3. The predicted octanol–water partition coefficient (Wildman–Crippen LogP) is 0.559. The van der Waals surface area contributed by atoms with Gasteiger partial charge in [-0.1, -0.05) is 23.4 Å². The highest BCUT2D eigenvalue weighted by atomic mass is 15.4. The number of hydrogen-bond acceptors (Lipinski definition) is 5. The molecule has 1 fully saturated rings. The molecule has 0 amide bonds. The third kappa shape index (κ3) is 3.59. The predicted molar refractivity (Wildman–Crippen MR) is 83.0 cm³/mol. The minimum atomic E-state index is 0.596. The Labute approximate surface area is 125 Å². The van der Waals surface area contributed by atoms with E-state index in [2.05, 4.69) is 50.4 Å². The van der Waals surface area contributed by atoms with Crippen LogP contribution in [0.4, 0.5) is 5.69 Å². The van der Waals surface area contributed by atoms with E-state index in [1.54, 1.807) is 0 Å². The number of para-hydroxylation sites is 1. The van der Waals surface area contributed by atoms with Gasteiger partial charge in [0.25, 0.3) is 0 Å². The molecule has 2 heterocycles. The van der Waals surface area contributed by atoms with E-state index in [0.717, 1.165) is 45.0 Å². The number of anilines is 1. The first kappa shape index (κ1) is 14.0. The first-order chi connectivity index (χ1) is 10.3. The smallest absolute Gasteiger partial charge is 0.0967 e. The molecule has 0 saturated carbocycles. The molecule has 6 heteroatoms. The van der Waals surface area contributed by atoms with Crippen LogP contribution in [0.25, 0.3) is 0 Å².